The van der Waals surface area contributed by atoms with Crippen LogP contribution in [0.5, 0.6) is 0 Å². The van der Waals surface area contributed by atoms with Gasteiger partial charge in [0.1, 0.15) is 11.5 Å². The van der Waals surface area contributed by atoms with Crippen LogP contribution in [0, 0.1) is 0 Å². The summed E-state index contributed by atoms with van der Waals surface area (Å²) in [5.74, 6) is 1.73. The third-order valence-corrected chi connectivity index (χ3v) is 2.90. The quantitative estimate of drug-likeness (QED) is 0.577. The third kappa shape index (κ3) is 2.84. The van der Waals surface area contributed by atoms with E-state index >= 15 is 0 Å². The fourth-order valence-corrected chi connectivity index (χ4v) is 1.98. The topological polar surface area (TPSA) is 48.5 Å². The van der Waals surface area contributed by atoms with E-state index in [0.29, 0.717) is 0 Å². The molecule has 0 saturated carbocycles. The normalized spacial score (nSPS) is 9.70. The maximum atomic E-state index is 4.44. The van der Waals surface area contributed by atoms with Gasteiger partial charge in [-0.05, 0) is 12.1 Å². The van der Waals surface area contributed by atoms with Crippen molar-refractivity contribution in [2.75, 3.05) is 0 Å². The molecule has 7 heteroatoms. The van der Waals surface area contributed by atoms with Crippen LogP contribution in [0.3, 0.4) is 0 Å². The van der Waals surface area contributed by atoms with Crippen LogP contribution in [0.2, 0.25) is 0 Å². The number of hydrogen-bond acceptors (Lipinski definition) is 3. The molecule has 0 unspecified atom stereocenters. The Kier molecular flexibility index (Phi) is 5.66. The second kappa shape index (κ2) is 6.82. The summed E-state index contributed by atoms with van der Waals surface area (Å²) in [6.45, 7) is 0. The zero-order chi connectivity index (χ0) is 12.5. The van der Waals surface area contributed by atoms with Gasteiger partial charge in [-0.1, -0.05) is 0 Å². The number of aromatic nitrogens is 5. The number of nitrogens with zero attached hydrogens (tertiary/aromatic N) is 5. The Bertz CT molecular complexity index is 632. The zero-order valence-electron chi connectivity index (χ0n) is 11.0. The Labute approximate surface area is 137 Å². The average Bonchev–Trinajstić information content (AvgIpc) is 2.98. The van der Waals surface area contributed by atoms with Gasteiger partial charge in [0.25, 0.3) is 0 Å². The molecule has 0 atom stereocenters. The fourth-order valence-electron chi connectivity index (χ4n) is 1.98. The molecule has 0 bridgehead atoms. The summed E-state index contributed by atoms with van der Waals surface area (Å²) < 4.78 is 3.93. The Balaban J connectivity index is 0.000001000. The van der Waals surface area contributed by atoms with Gasteiger partial charge < -0.3 is 9.13 Å². The second-order valence-electron chi connectivity index (χ2n) is 4.12. The maximum Gasteiger partial charge on any atom is 0.159 e. The van der Waals surface area contributed by atoms with Crippen molar-refractivity contribution >= 4 is 12.4 Å². The minimum absolute atomic E-state index is 0. The molecule has 0 N–H and O–H groups in total. The SMILES string of the molecule is Cl.Cn1ccnc1-c1cccnc1-c1nccn1C.[Pt]. The maximum absolute atomic E-state index is 4.44. The number of rotatable bonds is 2. The Morgan fingerprint density at radius 3 is 2.00 bits per heavy atom. The van der Waals surface area contributed by atoms with Gasteiger partial charge in [0.15, 0.2) is 5.82 Å². The van der Waals surface area contributed by atoms with Gasteiger partial charge in [0.2, 0.25) is 0 Å². The standard InChI is InChI=1S/C13H13N5.ClH.Pt/c1-17-8-6-15-12(17)10-4-3-5-14-11(10)13-16-7-9-18(13)2;;/h3-9H,1-2H3;1H;. The van der Waals surface area contributed by atoms with Crippen LogP contribution in [-0.2, 0) is 35.2 Å². The third-order valence-electron chi connectivity index (χ3n) is 2.90. The number of aryl methyl sites for hydroxylation is 2. The van der Waals surface area contributed by atoms with Crippen LogP contribution >= 0.6 is 12.4 Å². The molecule has 0 saturated heterocycles. The molecular weight excluding hydrogens is 457 g/mol. The molecule has 0 aliphatic heterocycles. The van der Waals surface area contributed by atoms with Crippen LogP contribution in [0.25, 0.3) is 22.9 Å². The first-order valence-electron chi connectivity index (χ1n) is 5.68. The molecule has 3 heterocycles. The van der Waals surface area contributed by atoms with E-state index in [0.717, 1.165) is 22.9 Å². The molecule has 3 rings (SSSR count). The van der Waals surface area contributed by atoms with E-state index in [9.17, 15) is 0 Å². The average molecular weight is 471 g/mol. The Hall–Kier alpha value is -1.45. The van der Waals surface area contributed by atoms with Gasteiger partial charge in [-0.3, -0.25) is 4.98 Å². The van der Waals surface area contributed by atoms with Crippen molar-refractivity contribution < 1.29 is 21.1 Å². The molecular formula is C13H14ClN5Pt. The number of imidazole rings is 2. The molecule has 0 aliphatic rings. The van der Waals surface area contributed by atoms with Crippen molar-refractivity contribution in [2.24, 2.45) is 14.1 Å². The molecule has 0 amide bonds. The summed E-state index contributed by atoms with van der Waals surface area (Å²) in [6.07, 6.45) is 9.16. The van der Waals surface area contributed by atoms with Crippen molar-refractivity contribution in [3.63, 3.8) is 0 Å². The Morgan fingerprint density at radius 1 is 0.850 bits per heavy atom. The molecule has 0 spiro atoms. The Morgan fingerprint density at radius 2 is 1.45 bits per heavy atom. The van der Waals surface area contributed by atoms with E-state index in [-0.39, 0.29) is 33.5 Å². The number of hydrogen-bond donors (Lipinski definition) is 0. The van der Waals surface area contributed by atoms with Crippen molar-refractivity contribution in [2.45, 2.75) is 0 Å². The molecule has 3 aromatic rings. The second-order valence-corrected chi connectivity index (χ2v) is 4.12. The van der Waals surface area contributed by atoms with Gasteiger partial charge in [0, 0.05) is 71.7 Å². The predicted octanol–water partition coefficient (Wildman–Crippen LogP) is 2.30. The first-order valence-corrected chi connectivity index (χ1v) is 5.68. The first kappa shape index (κ1) is 16.6. The van der Waals surface area contributed by atoms with E-state index in [1.165, 1.54) is 0 Å². The van der Waals surface area contributed by atoms with Gasteiger partial charge in [-0.25, -0.2) is 9.97 Å². The largest absolute Gasteiger partial charge is 0.334 e. The monoisotopic (exact) mass is 470 g/mol. The molecule has 20 heavy (non-hydrogen) atoms. The fraction of sp³-hybridized carbons (Fsp3) is 0.154. The van der Waals surface area contributed by atoms with Crippen molar-refractivity contribution in [1.82, 2.24) is 24.1 Å². The van der Waals surface area contributed by atoms with Crippen LogP contribution < -0.4 is 0 Å². The molecule has 108 valence electrons. The summed E-state index contributed by atoms with van der Waals surface area (Å²) in [7, 11) is 3.93. The van der Waals surface area contributed by atoms with E-state index in [4.69, 9.17) is 0 Å². The van der Waals surface area contributed by atoms with E-state index in [2.05, 4.69) is 15.0 Å². The minimum Gasteiger partial charge on any atom is -0.334 e. The van der Waals surface area contributed by atoms with Crippen molar-refractivity contribution in [3.8, 4) is 22.9 Å². The summed E-state index contributed by atoms with van der Waals surface area (Å²) >= 11 is 0. The van der Waals surface area contributed by atoms with Crippen LogP contribution in [0.1, 0.15) is 0 Å². The van der Waals surface area contributed by atoms with E-state index < -0.39 is 0 Å². The van der Waals surface area contributed by atoms with Gasteiger partial charge in [-0.15, -0.1) is 12.4 Å². The molecule has 0 aliphatic carbocycles. The molecule has 0 fully saturated rings. The first-order chi connectivity index (χ1) is 8.77. The number of pyridine rings is 1. The number of halogens is 1. The summed E-state index contributed by atoms with van der Waals surface area (Å²) in [4.78, 5) is 13.2. The van der Waals surface area contributed by atoms with Crippen LogP contribution in [0.4, 0.5) is 0 Å². The van der Waals surface area contributed by atoms with Gasteiger partial charge in [-0.2, -0.15) is 0 Å². The summed E-state index contributed by atoms with van der Waals surface area (Å²) in [5.41, 5.74) is 1.83. The smallest absolute Gasteiger partial charge is 0.159 e. The van der Waals surface area contributed by atoms with Crippen LogP contribution in [0.15, 0.2) is 43.1 Å². The van der Waals surface area contributed by atoms with Crippen molar-refractivity contribution in [1.29, 1.82) is 0 Å². The molecule has 0 aromatic carbocycles. The molecule has 5 nitrogen and oxygen atoms in total. The molecule has 3 aromatic heterocycles. The van der Waals surface area contributed by atoms with E-state index in [1.54, 1.807) is 18.6 Å². The van der Waals surface area contributed by atoms with Crippen molar-refractivity contribution in [3.05, 3.63) is 43.1 Å². The van der Waals surface area contributed by atoms with Gasteiger partial charge in [0.05, 0.1) is 0 Å². The van der Waals surface area contributed by atoms with E-state index in [1.807, 2.05) is 47.8 Å². The summed E-state index contributed by atoms with van der Waals surface area (Å²) in [6, 6.07) is 3.93. The zero-order valence-corrected chi connectivity index (χ0v) is 14.1. The summed E-state index contributed by atoms with van der Waals surface area (Å²) in [5, 5.41) is 0. The van der Waals surface area contributed by atoms with Crippen LogP contribution in [-0.4, -0.2) is 24.1 Å². The molecule has 0 radical (unpaired) electrons. The van der Waals surface area contributed by atoms with Gasteiger partial charge >= 0.3 is 0 Å². The predicted molar refractivity (Wildman–Crippen MR) is 75.9 cm³/mol. The minimum atomic E-state index is 0.